The van der Waals surface area contributed by atoms with E-state index in [9.17, 15) is 18.7 Å². The molecule has 0 spiro atoms. The van der Waals surface area contributed by atoms with Gasteiger partial charge in [-0.25, -0.2) is 0 Å². The SMILES string of the molecule is O=C(c1ccccc1)C(F)(F)C(O)c1cccc(Cl)c1. The Kier molecular flexibility index (Phi) is 4.16. The summed E-state index contributed by atoms with van der Waals surface area (Å²) in [5.74, 6) is -5.35. The summed E-state index contributed by atoms with van der Waals surface area (Å²) in [6, 6.07) is 12.6. The molecule has 1 N–H and O–H groups in total. The van der Waals surface area contributed by atoms with Crippen LogP contribution in [0.15, 0.2) is 54.6 Å². The number of rotatable bonds is 4. The van der Waals surface area contributed by atoms with Crippen molar-refractivity contribution in [3.05, 3.63) is 70.7 Å². The Bertz CT molecular complexity index is 614. The zero-order chi connectivity index (χ0) is 14.8. The molecule has 0 fully saturated rings. The third-order valence-corrected chi connectivity index (χ3v) is 3.08. The molecule has 2 rings (SSSR count). The van der Waals surface area contributed by atoms with Crippen LogP contribution in [0.2, 0.25) is 5.02 Å². The van der Waals surface area contributed by atoms with E-state index in [1.807, 2.05) is 0 Å². The fraction of sp³-hybridized carbons (Fsp3) is 0.133. The van der Waals surface area contributed by atoms with Crippen molar-refractivity contribution in [1.82, 2.24) is 0 Å². The van der Waals surface area contributed by atoms with Gasteiger partial charge < -0.3 is 5.11 Å². The number of aliphatic hydroxyl groups is 1. The summed E-state index contributed by atoms with van der Waals surface area (Å²) in [6.45, 7) is 0. The second kappa shape index (κ2) is 5.69. The number of carbonyl (C=O) groups is 1. The van der Waals surface area contributed by atoms with Crippen molar-refractivity contribution in [2.45, 2.75) is 12.0 Å². The van der Waals surface area contributed by atoms with Gasteiger partial charge in [-0.1, -0.05) is 54.1 Å². The Hall–Kier alpha value is -1.78. The molecule has 0 heterocycles. The predicted molar refractivity (Wildman–Crippen MR) is 72.1 cm³/mol. The smallest absolute Gasteiger partial charge is 0.339 e. The van der Waals surface area contributed by atoms with Crippen LogP contribution in [0.4, 0.5) is 8.78 Å². The molecule has 2 nitrogen and oxygen atoms in total. The first-order valence-corrected chi connectivity index (χ1v) is 6.22. The van der Waals surface area contributed by atoms with Crippen molar-refractivity contribution < 1.29 is 18.7 Å². The largest absolute Gasteiger partial charge is 0.382 e. The average molecular weight is 297 g/mol. The lowest BCUT2D eigenvalue weighted by Crippen LogP contribution is -2.35. The van der Waals surface area contributed by atoms with Crippen LogP contribution in [0, 0.1) is 0 Å². The summed E-state index contributed by atoms with van der Waals surface area (Å²) < 4.78 is 28.1. The third kappa shape index (κ3) is 2.86. The molecule has 0 aromatic heterocycles. The van der Waals surface area contributed by atoms with Crippen molar-refractivity contribution in [3.8, 4) is 0 Å². The van der Waals surface area contributed by atoms with Crippen LogP contribution < -0.4 is 0 Å². The zero-order valence-electron chi connectivity index (χ0n) is 10.3. The van der Waals surface area contributed by atoms with Crippen molar-refractivity contribution in [3.63, 3.8) is 0 Å². The highest BCUT2D eigenvalue weighted by Crippen LogP contribution is 2.35. The maximum absolute atomic E-state index is 14.1. The van der Waals surface area contributed by atoms with E-state index < -0.39 is 17.8 Å². The minimum atomic E-state index is -3.92. The van der Waals surface area contributed by atoms with Crippen LogP contribution in [-0.4, -0.2) is 16.8 Å². The van der Waals surface area contributed by atoms with Crippen LogP contribution in [-0.2, 0) is 0 Å². The molecule has 104 valence electrons. The monoisotopic (exact) mass is 296 g/mol. The van der Waals surface area contributed by atoms with Crippen molar-refractivity contribution >= 4 is 17.4 Å². The highest BCUT2D eigenvalue weighted by molar-refractivity contribution is 6.30. The predicted octanol–water partition coefficient (Wildman–Crippen LogP) is 3.89. The number of benzene rings is 2. The zero-order valence-corrected chi connectivity index (χ0v) is 11.0. The van der Waals surface area contributed by atoms with Crippen LogP contribution in [0.1, 0.15) is 22.0 Å². The van der Waals surface area contributed by atoms with E-state index in [1.165, 1.54) is 48.5 Å². The Morgan fingerprint density at radius 1 is 1.10 bits per heavy atom. The van der Waals surface area contributed by atoms with Gasteiger partial charge in [0.25, 0.3) is 0 Å². The van der Waals surface area contributed by atoms with Crippen LogP contribution in [0.25, 0.3) is 0 Å². The fourth-order valence-electron chi connectivity index (χ4n) is 1.79. The van der Waals surface area contributed by atoms with E-state index in [-0.39, 0.29) is 16.1 Å². The molecule has 5 heteroatoms. The fourth-order valence-corrected chi connectivity index (χ4v) is 1.99. The van der Waals surface area contributed by atoms with Crippen molar-refractivity contribution in [2.24, 2.45) is 0 Å². The molecule has 20 heavy (non-hydrogen) atoms. The Balaban J connectivity index is 2.32. The molecule has 0 saturated carbocycles. The lowest BCUT2D eigenvalue weighted by Gasteiger charge is -2.21. The number of aliphatic hydroxyl groups excluding tert-OH is 1. The van der Waals surface area contributed by atoms with Crippen molar-refractivity contribution in [1.29, 1.82) is 0 Å². The Labute approximate surface area is 119 Å². The first kappa shape index (κ1) is 14.6. The molecule has 0 bridgehead atoms. The van der Waals surface area contributed by atoms with Gasteiger partial charge >= 0.3 is 5.92 Å². The summed E-state index contributed by atoms with van der Waals surface area (Å²) in [5.41, 5.74) is -0.259. The normalized spacial score (nSPS) is 13.0. The maximum atomic E-state index is 14.1. The molecular formula is C15H11ClF2O2. The van der Waals surface area contributed by atoms with E-state index in [0.29, 0.717) is 0 Å². The molecule has 0 radical (unpaired) electrons. The molecule has 2 aromatic rings. The number of Topliss-reactive ketones (excluding diaryl/α,β-unsaturated/α-hetero) is 1. The summed E-state index contributed by atoms with van der Waals surface area (Å²) in [6.07, 6.45) is -2.24. The standard InChI is InChI=1S/C15H11ClF2O2/c16-12-8-4-7-11(9-12)14(20)15(17,18)13(19)10-5-2-1-3-6-10/h1-9,14,20H. The highest BCUT2D eigenvalue weighted by atomic mass is 35.5. The maximum Gasteiger partial charge on any atom is 0.339 e. The minimum Gasteiger partial charge on any atom is -0.382 e. The second-order valence-corrected chi connectivity index (χ2v) is 4.71. The Morgan fingerprint density at radius 2 is 1.75 bits per heavy atom. The van der Waals surface area contributed by atoms with Gasteiger partial charge in [0.2, 0.25) is 5.78 Å². The molecule has 0 saturated heterocycles. The van der Waals surface area contributed by atoms with Crippen molar-refractivity contribution in [2.75, 3.05) is 0 Å². The van der Waals surface area contributed by atoms with Crippen LogP contribution in [0.5, 0.6) is 0 Å². The lowest BCUT2D eigenvalue weighted by atomic mass is 9.96. The van der Waals surface area contributed by atoms with Crippen LogP contribution in [0.3, 0.4) is 0 Å². The van der Waals surface area contributed by atoms with Gasteiger partial charge in [-0.3, -0.25) is 4.79 Å². The highest BCUT2D eigenvalue weighted by Gasteiger charge is 2.47. The number of ketones is 1. The number of alkyl halides is 2. The van der Waals surface area contributed by atoms with E-state index >= 15 is 0 Å². The third-order valence-electron chi connectivity index (χ3n) is 2.85. The van der Waals surface area contributed by atoms with Gasteiger partial charge in [0.05, 0.1) is 0 Å². The van der Waals surface area contributed by atoms with E-state index in [1.54, 1.807) is 6.07 Å². The lowest BCUT2D eigenvalue weighted by molar-refractivity contribution is -0.0792. The van der Waals surface area contributed by atoms with E-state index in [0.717, 1.165) is 0 Å². The number of hydrogen-bond acceptors (Lipinski definition) is 2. The quantitative estimate of drug-likeness (QED) is 0.869. The van der Waals surface area contributed by atoms with E-state index in [2.05, 4.69) is 0 Å². The van der Waals surface area contributed by atoms with Gasteiger partial charge in [0.1, 0.15) is 0 Å². The summed E-state index contributed by atoms with van der Waals surface area (Å²) in [4.78, 5) is 11.8. The first-order valence-electron chi connectivity index (χ1n) is 5.84. The summed E-state index contributed by atoms with van der Waals surface area (Å²) >= 11 is 5.69. The topological polar surface area (TPSA) is 37.3 Å². The molecule has 2 aromatic carbocycles. The molecule has 0 aliphatic heterocycles. The molecule has 1 unspecified atom stereocenters. The number of hydrogen-bond donors (Lipinski definition) is 1. The molecule has 1 atom stereocenters. The number of carbonyl (C=O) groups excluding carboxylic acids is 1. The van der Waals surface area contributed by atoms with Gasteiger partial charge in [-0.2, -0.15) is 8.78 Å². The molecule has 0 amide bonds. The Morgan fingerprint density at radius 3 is 2.35 bits per heavy atom. The van der Waals surface area contributed by atoms with Gasteiger partial charge in [-0.05, 0) is 17.7 Å². The van der Waals surface area contributed by atoms with Crippen LogP contribution >= 0.6 is 11.6 Å². The van der Waals surface area contributed by atoms with Gasteiger partial charge in [0.15, 0.2) is 6.10 Å². The number of halogens is 3. The molecule has 0 aliphatic rings. The second-order valence-electron chi connectivity index (χ2n) is 4.28. The minimum absolute atomic E-state index is 0.105. The molecule has 0 aliphatic carbocycles. The van der Waals surface area contributed by atoms with Gasteiger partial charge in [-0.15, -0.1) is 0 Å². The molecular weight excluding hydrogens is 286 g/mol. The summed E-state index contributed by atoms with van der Waals surface area (Å²) in [7, 11) is 0. The average Bonchev–Trinajstić information content (AvgIpc) is 2.46. The van der Waals surface area contributed by atoms with E-state index in [4.69, 9.17) is 11.6 Å². The first-order chi connectivity index (χ1) is 9.43. The summed E-state index contributed by atoms with van der Waals surface area (Å²) in [5, 5.41) is 9.99. The van der Waals surface area contributed by atoms with Gasteiger partial charge in [0, 0.05) is 10.6 Å².